The number of hydrogen-bond acceptors (Lipinski definition) is 4. The molecule has 0 atom stereocenters. The minimum Gasteiger partial charge on any atom is -0.476 e. The number of rotatable bonds is 3. The minimum atomic E-state index is -0.826. The fourth-order valence-electron chi connectivity index (χ4n) is 0.716. The SMILES string of the molecule is CC(C)COc1nc(F)ncc1N. The summed E-state index contributed by atoms with van der Waals surface area (Å²) in [5.41, 5.74) is 5.71. The van der Waals surface area contributed by atoms with Gasteiger partial charge in [-0.1, -0.05) is 13.8 Å². The van der Waals surface area contributed by atoms with E-state index in [2.05, 4.69) is 9.97 Å². The van der Waals surface area contributed by atoms with Gasteiger partial charge in [-0.25, -0.2) is 4.98 Å². The van der Waals surface area contributed by atoms with E-state index < -0.39 is 6.08 Å². The van der Waals surface area contributed by atoms with Crippen LogP contribution in [-0.4, -0.2) is 16.6 Å². The van der Waals surface area contributed by atoms with Gasteiger partial charge in [0.25, 0.3) is 0 Å². The largest absolute Gasteiger partial charge is 0.476 e. The van der Waals surface area contributed by atoms with Gasteiger partial charge in [0.05, 0.1) is 12.8 Å². The van der Waals surface area contributed by atoms with E-state index in [1.807, 2.05) is 13.8 Å². The van der Waals surface area contributed by atoms with Crippen LogP contribution in [0.2, 0.25) is 0 Å². The normalized spacial score (nSPS) is 10.5. The van der Waals surface area contributed by atoms with Crippen molar-refractivity contribution in [1.29, 1.82) is 0 Å². The van der Waals surface area contributed by atoms with Crippen LogP contribution in [0.15, 0.2) is 6.20 Å². The molecule has 1 aromatic heterocycles. The highest BCUT2D eigenvalue weighted by molar-refractivity contribution is 5.44. The molecule has 5 heteroatoms. The quantitative estimate of drug-likeness (QED) is 0.719. The van der Waals surface area contributed by atoms with E-state index in [1.54, 1.807) is 0 Å². The molecule has 0 spiro atoms. The Morgan fingerprint density at radius 2 is 2.31 bits per heavy atom. The van der Waals surface area contributed by atoms with Crippen LogP contribution < -0.4 is 10.5 Å². The average Bonchev–Trinajstić information content (AvgIpc) is 2.06. The van der Waals surface area contributed by atoms with Gasteiger partial charge < -0.3 is 10.5 Å². The van der Waals surface area contributed by atoms with Crippen molar-refractivity contribution in [3.8, 4) is 5.88 Å². The van der Waals surface area contributed by atoms with Gasteiger partial charge in [-0.05, 0) is 5.92 Å². The van der Waals surface area contributed by atoms with Crippen molar-refractivity contribution in [3.63, 3.8) is 0 Å². The third-order valence-electron chi connectivity index (χ3n) is 1.30. The molecule has 0 fully saturated rings. The first-order valence-electron chi connectivity index (χ1n) is 4.00. The second kappa shape index (κ2) is 4.02. The molecule has 0 aliphatic heterocycles. The van der Waals surface area contributed by atoms with Crippen molar-refractivity contribution in [3.05, 3.63) is 12.3 Å². The Hall–Kier alpha value is -1.39. The fourth-order valence-corrected chi connectivity index (χ4v) is 0.716. The molecule has 0 amide bonds. The zero-order valence-electron chi connectivity index (χ0n) is 7.62. The number of halogens is 1. The monoisotopic (exact) mass is 185 g/mol. The summed E-state index contributed by atoms with van der Waals surface area (Å²) < 4.78 is 17.7. The molecule has 0 radical (unpaired) electrons. The van der Waals surface area contributed by atoms with E-state index >= 15 is 0 Å². The molecule has 0 bridgehead atoms. The van der Waals surface area contributed by atoms with Crippen LogP contribution in [0, 0.1) is 12.0 Å². The summed E-state index contributed by atoms with van der Waals surface area (Å²) in [5, 5.41) is 0. The maximum Gasteiger partial charge on any atom is 0.311 e. The molecule has 4 nitrogen and oxygen atoms in total. The van der Waals surface area contributed by atoms with Crippen LogP contribution >= 0.6 is 0 Å². The van der Waals surface area contributed by atoms with Crippen LogP contribution in [0.25, 0.3) is 0 Å². The van der Waals surface area contributed by atoms with E-state index in [0.717, 1.165) is 0 Å². The molecule has 13 heavy (non-hydrogen) atoms. The number of nitrogen functional groups attached to an aromatic ring is 1. The minimum absolute atomic E-state index is 0.112. The van der Waals surface area contributed by atoms with Crippen LogP contribution in [0.1, 0.15) is 13.8 Å². The Labute approximate surface area is 75.9 Å². The molecule has 0 aliphatic rings. The van der Waals surface area contributed by atoms with Gasteiger partial charge in [-0.2, -0.15) is 9.37 Å². The lowest BCUT2D eigenvalue weighted by Gasteiger charge is -2.08. The van der Waals surface area contributed by atoms with Crippen molar-refractivity contribution >= 4 is 5.69 Å². The number of nitrogens with two attached hydrogens (primary N) is 1. The van der Waals surface area contributed by atoms with E-state index in [9.17, 15) is 4.39 Å². The Balaban J connectivity index is 2.70. The van der Waals surface area contributed by atoms with E-state index in [-0.39, 0.29) is 11.6 Å². The lowest BCUT2D eigenvalue weighted by Crippen LogP contribution is -2.08. The first-order chi connectivity index (χ1) is 6.09. The number of nitrogens with zero attached hydrogens (tertiary/aromatic N) is 2. The third kappa shape index (κ3) is 2.85. The maximum absolute atomic E-state index is 12.5. The predicted molar refractivity (Wildman–Crippen MR) is 46.7 cm³/mol. The van der Waals surface area contributed by atoms with Gasteiger partial charge in [-0.15, -0.1) is 0 Å². The standard InChI is InChI=1S/C8H12FN3O/c1-5(2)4-13-7-6(10)3-11-8(9)12-7/h3,5H,4,10H2,1-2H3. The van der Waals surface area contributed by atoms with Gasteiger partial charge in [0.1, 0.15) is 5.69 Å². The summed E-state index contributed by atoms with van der Waals surface area (Å²) in [4.78, 5) is 6.70. The summed E-state index contributed by atoms with van der Waals surface area (Å²) in [5.74, 6) is 0.457. The van der Waals surface area contributed by atoms with Gasteiger partial charge >= 0.3 is 6.08 Å². The summed E-state index contributed by atoms with van der Waals surface area (Å²) in [6.45, 7) is 4.42. The average molecular weight is 185 g/mol. The Bertz CT molecular complexity index is 291. The lowest BCUT2D eigenvalue weighted by molar-refractivity contribution is 0.258. The molecule has 0 aliphatic carbocycles. The molecule has 0 saturated carbocycles. The number of hydrogen-bond donors (Lipinski definition) is 1. The number of ether oxygens (including phenoxy) is 1. The molecule has 1 aromatic rings. The van der Waals surface area contributed by atoms with Gasteiger partial charge in [0.15, 0.2) is 0 Å². The zero-order chi connectivity index (χ0) is 9.84. The summed E-state index contributed by atoms with van der Waals surface area (Å²) in [6, 6.07) is 0. The van der Waals surface area contributed by atoms with E-state index in [4.69, 9.17) is 10.5 Å². The molecule has 0 saturated heterocycles. The smallest absolute Gasteiger partial charge is 0.311 e. The zero-order valence-corrected chi connectivity index (χ0v) is 7.62. The van der Waals surface area contributed by atoms with Crippen molar-refractivity contribution < 1.29 is 9.13 Å². The molecule has 0 unspecified atom stereocenters. The highest BCUT2D eigenvalue weighted by Crippen LogP contribution is 2.16. The Kier molecular flexibility index (Phi) is 3.00. The van der Waals surface area contributed by atoms with Crippen LogP contribution in [0.4, 0.5) is 10.1 Å². The van der Waals surface area contributed by atoms with Gasteiger partial charge in [0.2, 0.25) is 5.88 Å². The second-order valence-electron chi connectivity index (χ2n) is 3.10. The van der Waals surface area contributed by atoms with Gasteiger partial charge in [0, 0.05) is 0 Å². The highest BCUT2D eigenvalue weighted by Gasteiger charge is 2.05. The van der Waals surface area contributed by atoms with E-state index in [1.165, 1.54) is 6.20 Å². The van der Waals surface area contributed by atoms with Crippen LogP contribution in [0.3, 0.4) is 0 Å². The van der Waals surface area contributed by atoms with Crippen LogP contribution in [-0.2, 0) is 0 Å². The van der Waals surface area contributed by atoms with Crippen LogP contribution in [0.5, 0.6) is 5.88 Å². The molecular weight excluding hydrogens is 173 g/mol. The van der Waals surface area contributed by atoms with Crippen molar-refractivity contribution in [2.24, 2.45) is 5.92 Å². The molecule has 2 N–H and O–H groups in total. The maximum atomic E-state index is 12.5. The summed E-state index contributed by atoms with van der Waals surface area (Å²) >= 11 is 0. The summed E-state index contributed by atoms with van der Waals surface area (Å²) in [6.07, 6.45) is 0.366. The molecule has 72 valence electrons. The lowest BCUT2D eigenvalue weighted by atomic mass is 10.2. The first-order valence-corrected chi connectivity index (χ1v) is 4.00. The van der Waals surface area contributed by atoms with Gasteiger partial charge in [-0.3, -0.25) is 0 Å². The van der Waals surface area contributed by atoms with Crippen molar-refractivity contribution in [1.82, 2.24) is 9.97 Å². The fraction of sp³-hybridized carbons (Fsp3) is 0.500. The Morgan fingerprint density at radius 3 is 2.92 bits per heavy atom. The Morgan fingerprint density at radius 1 is 1.62 bits per heavy atom. The molecule has 1 heterocycles. The molecule has 1 rings (SSSR count). The molecule has 0 aromatic carbocycles. The van der Waals surface area contributed by atoms with E-state index in [0.29, 0.717) is 12.5 Å². The topological polar surface area (TPSA) is 61.0 Å². The first kappa shape index (κ1) is 9.70. The molecular formula is C8H12FN3O. The van der Waals surface area contributed by atoms with Crippen molar-refractivity contribution in [2.45, 2.75) is 13.8 Å². The number of anilines is 1. The highest BCUT2D eigenvalue weighted by atomic mass is 19.1. The van der Waals surface area contributed by atoms with Crippen molar-refractivity contribution in [2.75, 3.05) is 12.3 Å². The number of aromatic nitrogens is 2. The summed E-state index contributed by atoms with van der Waals surface area (Å²) in [7, 11) is 0. The third-order valence-corrected chi connectivity index (χ3v) is 1.30. The second-order valence-corrected chi connectivity index (χ2v) is 3.10. The predicted octanol–water partition coefficient (Wildman–Crippen LogP) is 1.23.